The van der Waals surface area contributed by atoms with E-state index in [9.17, 15) is 0 Å². The second kappa shape index (κ2) is 18.8. The Morgan fingerprint density at radius 2 is 1.25 bits per heavy atom. The van der Waals surface area contributed by atoms with Gasteiger partial charge in [-0.05, 0) is 63.0 Å². The Hall–Kier alpha value is -3.26. The van der Waals surface area contributed by atoms with Gasteiger partial charge >= 0.3 is 26.2 Å². The van der Waals surface area contributed by atoms with E-state index in [4.69, 9.17) is 0 Å². The van der Waals surface area contributed by atoms with Crippen LogP contribution in [0.25, 0.3) is 28.3 Å². The number of fused-ring (bicyclic) bond motifs is 4. The molecule has 4 heteroatoms. The van der Waals surface area contributed by atoms with Gasteiger partial charge in [-0.25, -0.2) is 0 Å². The molecule has 6 aromatic rings. The summed E-state index contributed by atoms with van der Waals surface area (Å²) in [5.74, 6) is 0.278. The quantitative estimate of drug-likeness (QED) is 0.148. The molecule has 0 fully saturated rings. The average molecular weight is 855 g/mol. The topological polar surface area (TPSA) is 0 Å². The van der Waals surface area contributed by atoms with Crippen molar-refractivity contribution >= 4 is 26.0 Å². The van der Waals surface area contributed by atoms with E-state index in [0.29, 0.717) is 0 Å². The molecule has 1 unspecified atom stereocenters. The van der Waals surface area contributed by atoms with Crippen LogP contribution in [-0.4, -0.2) is 9.52 Å². The van der Waals surface area contributed by atoms with Crippen LogP contribution in [0.3, 0.4) is 0 Å². The molecule has 278 valence electrons. The molecule has 0 spiro atoms. The minimum absolute atomic E-state index is 0. The monoisotopic (exact) mass is 852 g/mol. The van der Waals surface area contributed by atoms with Crippen LogP contribution in [0, 0.1) is 6.07 Å². The molecule has 0 nitrogen and oxygen atoms in total. The molecule has 0 aromatic heterocycles. The zero-order valence-electron chi connectivity index (χ0n) is 33.3. The molecule has 2 aliphatic rings. The van der Waals surface area contributed by atoms with Gasteiger partial charge in [0.05, 0.1) is 0 Å². The fourth-order valence-corrected chi connectivity index (χ4v) is 9.32. The van der Waals surface area contributed by atoms with E-state index in [2.05, 4.69) is 194 Å². The van der Waals surface area contributed by atoms with Crippen molar-refractivity contribution < 1.29 is 51.0 Å². The molecule has 6 aromatic carbocycles. The molecule has 0 saturated heterocycles. The van der Waals surface area contributed by atoms with Crippen LogP contribution >= 0.6 is 0 Å². The maximum absolute atomic E-state index is 3.85. The van der Waals surface area contributed by atoms with E-state index in [0.717, 1.165) is 19.3 Å². The molecule has 2 radical (unpaired) electrons. The van der Waals surface area contributed by atoms with Crippen molar-refractivity contribution in [2.45, 2.75) is 84.5 Å². The van der Waals surface area contributed by atoms with Gasteiger partial charge in [0.1, 0.15) is 9.52 Å². The SMILES string of the molecule is CCCC1=Cc2c(-c3ccccc3)cccc2C1c1c(C(C)(C)C)[c-]cc2c1Cc1cc(C(C)(C)C)ccc1-2.[Cl-].[Cl-].[Zr+3].c1ccc([SiH]c2ccccc2)cc1. The molecule has 0 heterocycles. The van der Waals surface area contributed by atoms with E-state index in [1.165, 1.54) is 71.6 Å². The van der Waals surface area contributed by atoms with Gasteiger partial charge in [0.15, 0.2) is 0 Å². The Morgan fingerprint density at radius 3 is 1.82 bits per heavy atom. The fraction of sp³-hybridized carbons (Fsp3) is 0.255. The molecule has 0 bridgehead atoms. The maximum atomic E-state index is 3.85. The smallest absolute Gasteiger partial charge is 1.00 e. The minimum atomic E-state index is 0. The van der Waals surface area contributed by atoms with Crippen LogP contribution < -0.4 is 35.2 Å². The fourth-order valence-electron chi connectivity index (χ4n) is 8.11. The predicted octanol–water partition coefficient (Wildman–Crippen LogP) is 5.73. The first-order valence-corrected chi connectivity index (χ1v) is 20.2. The second-order valence-corrected chi connectivity index (χ2v) is 18.2. The summed E-state index contributed by atoms with van der Waals surface area (Å²) in [4.78, 5) is 0. The van der Waals surface area contributed by atoms with Gasteiger partial charge in [-0.2, -0.15) is 17.7 Å². The second-order valence-electron chi connectivity index (χ2n) is 16.6. The maximum Gasteiger partial charge on any atom is 3.00 e. The van der Waals surface area contributed by atoms with Gasteiger partial charge in [0, 0.05) is 0 Å². The molecular weight excluding hydrogens is 803 g/mol. The number of hydrogen-bond acceptors (Lipinski definition) is 0. The summed E-state index contributed by atoms with van der Waals surface area (Å²) in [6.45, 7) is 16.3. The predicted molar refractivity (Wildman–Crippen MR) is 227 cm³/mol. The van der Waals surface area contributed by atoms with Crippen molar-refractivity contribution in [1.82, 2.24) is 0 Å². The molecule has 0 amide bonds. The summed E-state index contributed by atoms with van der Waals surface area (Å²) >= 11 is 0. The van der Waals surface area contributed by atoms with Gasteiger partial charge in [-0.1, -0.05) is 210 Å². The number of halogens is 2. The van der Waals surface area contributed by atoms with Crippen molar-refractivity contribution in [2.75, 3.05) is 0 Å². The molecule has 1 atom stereocenters. The summed E-state index contributed by atoms with van der Waals surface area (Å²) in [5, 5.41) is 2.90. The van der Waals surface area contributed by atoms with Gasteiger partial charge in [-0.15, -0.1) is 16.7 Å². The van der Waals surface area contributed by atoms with Crippen LogP contribution in [0.15, 0.2) is 139 Å². The number of allylic oxidation sites excluding steroid dienone is 1. The first-order chi connectivity index (χ1) is 25.0. The summed E-state index contributed by atoms with van der Waals surface area (Å²) in [6.07, 6.45) is 5.79. The average Bonchev–Trinajstić information content (AvgIpc) is 3.70. The summed E-state index contributed by atoms with van der Waals surface area (Å²) in [5.41, 5.74) is 17.3. The standard InChI is InChI=1S/C39H41.C12H11Si.2ClH.Zr/c1-8-13-26-23-33-29(25-14-10-9-11-15-25)16-12-17-32(33)36(26)37-34-24-27-22-28(38(2,3)4)18-19-30(27)31(34)20-21-35(37)39(5,6)7;1-3-7-11(8-4-1)13-12-9-5-2-6-10-12;;;/h9-12,14-20,22-23,36H,8,13,24H2,1-7H3;1-10,13H;2*1H;/q-1;;;;+3/p-2. The molecule has 0 aliphatic heterocycles. The van der Waals surface area contributed by atoms with Crippen LogP contribution in [0.4, 0.5) is 0 Å². The summed E-state index contributed by atoms with van der Waals surface area (Å²) in [6, 6.07) is 52.5. The minimum Gasteiger partial charge on any atom is -1.00 e. The van der Waals surface area contributed by atoms with Gasteiger partial charge in [0.25, 0.3) is 0 Å². The Balaban J connectivity index is 0.000000358. The largest absolute Gasteiger partial charge is 3.00 e. The van der Waals surface area contributed by atoms with Crippen molar-refractivity contribution in [1.29, 1.82) is 0 Å². The molecule has 2 aliphatic carbocycles. The van der Waals surface area contributed by atoms with Crippen LogP contribution in [0.1, 0.15) is 106 Å². The molecule has 55 heavy (non-hydrogen) atoms. The first-order valence-electron chi connectivity index (χ1n) is 19.1. The van der Waals surface area contributed by atoms with Crippen molar-refractivity contribution in [2.24, 2.45) is 0 Å². The van der Waals surface area contributed by atoms with Gasteiger partial charge < -0.3 is 24.8 Å². The van der Waals surface area contributed by atoms with E-state index in [1.807, 2.05) is 0 Å². The zero-order valence-corrected chi connectivity index (χ0v) is 38.4. The molecule has 8 rings (SSSR count). The van der Waals surface area contributed by atoms with Crippen LogP contribution in [0.2, 0.25) is 0 Å². The summed E-state index contributed by atoms with van der Waals surface area (Å²) in [7, 11) is 0.271. The number of rotatable bonds is 6. The first kappa shape index (κ1) is 44.5. The van der Waals surface area contributed by atoms with Crippen molar-refractivity contribution in [3.63, 3.8) is 0 Å². The summed E-state index contributed by atoms with van der Waals surface area (Å²) < 4.78 is 0. The van der Waals surface area contributed by atoms with E-state index < -0.39 is 0 Å². The Bertz CT molecular complexity index is 2170. The van der Waals surface area contributed by atoms with Crippen LogP contribution in [0.5, 0.6) is 0 Å². The number of benzene rings is 6. The molecule has 0 N–H and O–H groups in total. The molecule has 0 saturated carbocycles. The van der Waals surface area contributed by atoms with Crippen molar-refractivity contribution in [3.8, 4) is 22.3 Å². The third-order valence-corrected chi connectivity index (χ3v) is 12.1. The number of hydrogen-bond donors (Lipinski definition) is 0. The van der Waals surface area contributed by atoms with Crippen molar-refractivity contribution in [3.05, 3.63) is 184 Å². The normalized spacial score (nSPS) is 13.7. The molecular formula is C51H52Cl2SiZr. The Labute approximate surface area is 365 Å². The third kappa shape index (κ3) is 9.65. The Morgan fingerprint density at radius 1 is 0.655 bits per heavy atom. The third-order valence-electron chi connectivity index (χ3n) is 10.7. The Kier molecular flexibility index (Phi) is 15.2. The van der Waals surface area contributed by atoms with E-state index >= 15 is 0 Å². The van der Waals surface area contributed by atoms with E-state index in [-0.39, 0.29) is 77.3 Å². The van der Waals surface area contributed by atoms with E-state index in [1.54, 1.807) is 5.57 Å². The zero-order chi connectivity index (χ0) is 36.5. The van der Waals surface area contributed by atoms with Gasteiger partial charge in [0.2, 0.25) is 0 Å². The van der Waals surface area contributed by atoms with Gasteiger partial charge in [-0.3, -0.25) is 0 Å². The van der Waals surface area contributed by atoms with Crippen LogP contribution in [-0.2, 0) is 43.5 Å².